The molecule has 1 nitrogen and oxygen atoms in total. The minimum absolute atomic E-state index is 0.331. The first kappa shape index (κ1) is 23.2. The summed E-state index contributed by atoms with van der Waals surface area (Å²) in [6, 6.07) is 20.0. The second kappa shape index (κ2) is 10.8. The lowest BCUT2D eigenvalue weighted by molar-refractivity contribution is 0.195. The molecule has 4 heteroatoms. The Hall–Kier alpha value is -3.99. The fourth-order valence-corrected chi connectivity index (χ4v) is 3.48. The van der Waals surface area contributed by atoms with Crippen molar-refractivity contribution < 1.29 is 17.9 Å². The molecule has 4 rings (SSSR count). The highest BCUT2D eigenvalue weighted by atomic mass is 19.2. The van der Waals surface area contributed by atoms with Gasteiger partial charge in [0, 0.05) is 30.4 Å². The molecule has 0 aliphatic carbocycles. The minimum Gasteiger partial charge on any atom is -0.385 e. The van der Waals surface area contributed by atoms with E-state index in [4.69, 9.17) is 4.74 Å². The number of halogens is 3. The zero-order valence-electron chi connectivity index (χ0n) is 18.6. The van der Waals surface area contributed by atoms with Gasteiger partial charge in [-0.1, -0.05) is 35.8 Å². The fraction of sp³-hybridized carbons (Fsp3) is 0.133. The van der Waals surface area contributed by atoms with E-state index in [0.29, 0.717) is 28.5 Å². The van der Waals surface area contributed by atoms with Crippen molar-refractivity contribution >= 4 is 10.8 Å². The maximum absolute atomic E-state index is 14.3. The highest BCUT2D eigenvalue weighted by molar-refractivity contribution is 5.84. The molecule has 168 valence electrons. The van der Waals surface area contributed by atoms with Crippen LogP contribution < -0.4 is 0 Å². The van der Waals surface area contributed by atoms with Crippen molar-refractivity contribution in [2.45, 2.75) is 12.8 Å². The van der Waals surface area contributed by atoms with Gasteiger partial charge in [0.1, 0.15) is 5.82 Å². The number of fused-ring (bicyclic) bond motifs is 1. The van der Waals surface area contributed by atoms with Crippen molar-refractivity contribution in [2.24, 2.45) is 0 Å². The van der Waals surface area contributed by atoms with E-state index in [-0.39, 0.29) is 5.82 Å². The molecular weight excluding hydrogens is 433 g/mol. The second-order valence-electron chi connectivity index (χ2n) is 7.82. The summed E-state index contributed by atoms with van der Waals surface area (Å²) >= 11 is 0. The van der Waals surface area contributed by atoms with E-state index in [2.05, 4.69) is 23.7 Å². The number of aryl methyl sites for hydroxylation is 1. The third-order valence-corrected chi connectivity index (χ3v) is 5.30. The van der Waals surface area contributed by atoms with Crippen LogP contribution in [-0.4, -0.2) is 13.7 Å². The van der Waals surface area contributed by atoms with Gasteiger partial charge in [-0.3, -0.25) is 0 Å². The van der Waals surface area contributed by atoms with Gasteiger partial charge in [-0.05, 0) is 89.8 Å². The molecule has 0 radical (unpaired) electrons. The number of ether oxygens (including phenoxy) is 1. The SMILES string of the molecule is COCCCc1ccc(C#Cc2ccc(C#Cc3ccc4cc(F)c(F)cc4c3)cc2)c(F)c1. The zero-order chi connectivity index (χ0) is 23.9. The number of benzene rings is 4. The predicted molar refractivity (Wildman–Crippen MR) is 129 cm³/mol. The van der Waals surface area contributed by atoms with Crippen LogP contribution >= 0.6 is 0 Å². The number of methoxy groups -OCH3 is 1. The summed E-state index contributed by atoms with van der Waals surface area (Å²) in [6.07, 6.45) is 1.60. The molecule has 4 aromatic carbocycles. The fourth-order valence-electron chi connectivity index (χ4n) is 3.48. The Balaban J connectivity index is 1.45. The molecule has 0 saturated carbocycles. The first-order chi connectivity index (χ1) is 16.5. The molecule has 34 heavy (non-hydrogen) atoms. The highest BCUT2D eigenvalue weighted by Gasteiger charge is 2.04. The van der Waals surface area contributed by atoms with Gasteiger partial charge in [-0.25, -0.2) is 13.2 Å². The van der Waals surface area contributed by atoms with Crippen LogP contribution in [0.1, 0.15) is 34.2 Å². The molecular formula is C30H21F3O. The largest absolute Gasteiger partial charge is 0.385 e. The molecule has 0 unspecified atom stereocenters. The molecule has 0 saturated heterocycles. The summed E-state index contributed by atoms with van der Waals surface area (Å²) in [5.74, 6) is 9.87. The van der Waals surface area contributed by atoms with Crippen LogP contribution in [0.5, 0.6) is 0 Å². The standard InChI is InChI=1S/C30H21F3O/c1-34-16-2-3-23-11-14-25(28(31)18-23)13-10-22-6-4-21(5-7-22)8-9-24-12-15-26-19-29(32)30(33)20-27(26)17-24/h4-7,11-12,14-15,17-20H,2-3,16H2,1H3. The van der Waals surface area contributed by atoms with Crippen molar-refractivity contribution in [2.75, 3.05) is 13.7 Å². The lowest BCUT2D eigenvalue weighted by Gasteiger charge is -2.02. The zero-order valence-corrected chi connectivity index (χ0v) is 18.6. The van der Waals surface area contributed by atoms with Gasteiger partial charge in [0.05, 0.1) is 5.56 Å². The first-order valence-corrected chi connectivity index (χ1v) is 10.8. The van der Waals surface area contributed by atoms with Crippen LogP contribution in [0.3, 0.4) is 0 Å². The Kier molecular flexibility index (Phi) is 7.33. The van der Waals surface area contributed by atoms with Crippen molar-refractivity contribution in [3.63, 3.8) is 0 Å². The second-order valence-corrected chi connectivity index (χ2v) is 7.82. The van der Waals surface area contributed by atoms with Crippen molar-refractivity contribution in [3.05, 3.63) is 118 Å². The summed E-state index contributed by atoms with van der Waals surface area (Å²) in [5.41, 5.74) is 3.50. The monoisotopic (exact) mass is 454 g/mol. The summed E-state index contributed by atoms with van der Waals surface area (Å²) in [5, 5.41) is 1.20. The van der Waals surface area contributed by atoms with Crippen molar-refractivity contribution in [1.82, 2.24) is 0 Å². The molecule has 0 aromatic heterocycles. The first-order valence-electron chi connectivity index (χ1n) is 10.8. The maximum Gasteiger partial charge on any atom is 0.159 e. The van der Waals surface area contributed by atoms with Crippen LogP contribution in [0.15, 0.2) is 72.8 Å². The summed E-state index contributed by atoms with van der Waals surface area (Å²) in [7, 11) is 1.65. The third kappa shape index (κ3) is 5.87. The molecule has 0 aliphatic rings. The van der Waals surface area contributed by atoms with Crippen LogP contribution in [-0.2, 0) is 11.2 Å². The third-order valence-electron chi connectivity index (χ3n) is 5.30. The van der Waals surface area contributed by atoms with E-state index in [1.165, 1.54) is 18.2 Å². The average Bonchev–Trinajstić information content (AvgIpc) is 2.84. The van der Waals surface area contributed by atoms with E-state index >= 15 is 0 Å². The lowest BCUT2D eigenvalue weighted by atomic mass is 10.1. The highest BCUT2D eigenvalue weighted by Crippen LogP contribution is 2.20. The van der Waals surface area contributed by atoms with Gasteiger partial charge >= 0.3 is 0 Å². The number of rotatable bonds is 4. The molecule has 0 amide bonds. The normalized spacial score (nSPS) is 10.4. The molecule has 0 aliphatic heterocycles. The lowest BCUT2D eigenvalue weighted by Crippen LogP contribution is -1.94. The maximum atomic E-state index is 14.3. The Morgan fingerprint density at radius 1 is 0.618 bits per heavy atom. The number of hydrogen-bond acceptors (Lipinski definition) is 1. The molecule has 0 atom stereocenters. The van der Waals surface area contributed by atoms with Crippen molar-refractivity contribution in [3.8, 4) is 23.7 Å². The smallest absolute Gasteiger partial charge is 0.159 e. The summed E-state index contributed by atoms with van der Waals surface area (Å²) in [4.78, 5) is 0. The van der Waals surface area contributed by atoms with Crippen LogP contribution in [0.2, 0.25) is 0 Å². The quantitative estimate of drug-likeness (QED) is 0.248. The summed E-state index contributed by atoms with van der Waals surface area (Å²) < 4.78 is 46.2. The number of hydrogen-bond donors (Lipinski definition) is 0. The Labute approximate surface area is 197 Å². The summed E-state index contributed by atoms with van der Waals surface area (Å²) in [6.45, 7) is 0.646. The topological polar surface area (TPSA) is 9.23 Å². The van der Waals surface area contributed by atoms with E-state index in [9.17, 15) is 13.2 Å². The molecule has 0 fully saturated rings. The van der Waals surface area contributed by atoms with Crippen LogP contribution in [0.25, 0.3) is 10.8 Å². The van der Waals surface area contributed by atoms with Gasteiger partial charge in [0.15, 0.2) is 11.6 Å². The average molecular weight is 454 g/mol. The van der Waals surface area contributed by atoms with Gasteiger partial charge < -0.3 is 4.74 Å². The Morgan fingerprint density at radius 2 is 1.24 bits per heavy atom. The van der Waals surface area contributed by atoms with Gasteiger partial charge in [-0.2, -0.15) is 0 Å². The predicted octanol–water partition coefficient (Wildman–Crippen LogP) is 6.64. The Bertz CT molecular complexity index is 1450. The molecule has 4 aromatic rings. The molecule has 0 bridgehead atoms. The van der Waals surface area contributed by atoms with Crippen molar-refractivity contribution in [1.29, 1.82) is 0 Å². The van der Waals surface area contributed by atoms with Gasteiger partial charge in [0.25, 0.3) is 0 Å². The van der Waals surface area contributed by atoms with Crippen LogP contribution in [0, 0.1) is 41.1 Å². The van der Waals surface area contributed by atoms with E-state index in [1.807, 2.05) is 30.3 Å². The van der Waals surface area contributed by atoms with Gasteiger partial charge in [-0.15, -0.1) is 0 Å². The van der Waals surface area contributed by atoms with E-state index in [0.717, 1.165) is 29.5 Å². The Morgan fingerprint density at radius 3 is 1.91 bits per heavy atom. The van der Waals surface area contributed by atoms with Gasteiger partial charge in [0.2, 0.25) is 0 Å². The van der Waals surface area contributed by atoms with E-state index in [1.54, 1.807) is 31.4 Å². The van der Waals surface area contributed by atoms with E-state index < -0.39 is 11.6 Å². The molecule has 0 N–H and O–H groups in total. The molecule has 0 heterocycles. The van der Waals surface area contributed by atoms with Crippen LogP contribution in [0.4, 0.5) is 13.2 Å². The minimum atomic E-state index is -0.882. The molecule has 0 spiro atoms.